The molecule has 2 aromatic heterocycles. The van der Waals surface area contributed by atoms with Gasteiger partial charge in [-0.25, -0.2) is 20.0 Å². The second-order valence-corrected chi connectivity index (χ2v) is 9.86. The van der Waals surface area contributed by atoms with Crippen LogP contribution < -0.4 is 9.47 Å². The molecule has 5 heterocycles. The van der Waals surface area contributed by atoms with Crippen LogP contribution in [0.3, 0.4) is 0 Å². The Bertz CT molecular complexity index is 1510. The Balaban J connectivity index is 1.23. The Hall–Kier alpha value is -4.14. The number of hydrogen-bond acceptors (Lipinski definition) is 8. The summed E-state index contributed by atoms with van der Waals surface area (Å²) in [6, 6.07) is 18.6. The molecule has 3 aliphatic heterocycles. The molecule has 0 saturated carbocycles. The third kappa shape index (κ3) is 4.12. The number of piperazine rings is 1. The fraction of sp³-hybridized carbons (Fsp3) is 0.143. The molecule has 8 nitrogen and oxygen atoms in total. The molecule has 0 unspecified atom stereocenters. The van der Waals surface area contributed by atoms with E-state index in [0.717, 1.165) is 22.8 Å². The third-order valence-electron chi connectivity index (χ3n) is 6.61. The van der Waals surface area contributed by atoms with Gasteiger partial charge in [-0.05, 0) is 60.7 Å². The second-order valence-electron chi connectivity index (χ2n) is 8.99. The van der Waals surface area contributed by atoms with E-state index in [1.54, 1.807) is 24.5 Å². The maximum absolute atomic E-state index is 6.28. The molecule has 0 spiro atoms. The van der Waals surface area contributed by atoms with E-state index in [0.29, 0.717) is 70.9 Å². The number of pyridine rings is 2. The van der Waals surface area contributed by atoms with Crippen LogP contribution in [-0.2, 0) is 0 Å². The van der Waals surface area contributed by atoms with E-state index in [9.17, 15) is 0 Å². The van der Waals surface area contributed by atoms with Gasteiger partial charge in [0, 0.05) is 48.6 Å². The maximum atomic E-state index is 6.28. The van der Waals surface area contributed by atoms with Crippen molar-refractivity contribution < 1.29 is 9.47 Å². The molecular formula is C28H20Cl2N6O2. The normalized spacial score (nSPS) is 15.8. The molecule has 1 saturated heterocycles. The summed E-state index contributed by atoms with van der Waals surface area (Å²) in [5.74, 6) is 3.90. The van der Waals surface area contributed by atoms with Crippen molar-refractivity contribution in [1.29, 1.82) is 0 Å². The van der Waals surface area contributed by atoms with Gasteiger partial charge in [-0.1, -0.05) is 23.2 Å². The molecule has 0 atom stereocenters. The van der Waals surface area contributed by atoms with E-state index < -0.39 is 0 Å². The van der Waals surface area contributed by atoms with E-state index in [2.05, 4.69) is 19.8 Å². The molecule has 38 heavy (non-hydrogen) atoms. The molecule has 0 bridgehead atoms. The largest absolute Gasteiger partial charge is 0.436 e. The summed E-state index contributed by atoms with van der Waals surface area (Å²) in [6.07, 6.45) is 3.44. The first kappa shape index (κ1) is 23.0. The van der Waals surface area contributed by atoms with Gasteiger partial charge in [-0.3, -0.25) is 0 Å². The average Bonchev–Trinajstić information content (AvgIpc) is 3.21. The lowest BCUT2D eigenvalue weighted by atomic mass is 10.1. The van der Waals surface area contributed by atoms with Crippen LogP contribution in [-0.4, -0.2) is 57.6 Å². The lowest BCUT2D eigenvalue weighted by molar-refractivity contribution is 0.259. The summed E-state index contributed by atoms with van der Waals surface area (Å²) < 4.78 is 12.2. The zero-order valence-electron chi connectivity index (χ0n) is 20.0. The minimum atomic E-state index is 0.522. The van der Waals surface area contributed by atoms with Crippen LogP contribution in [0.5, 0.6) is 23.3 Å². The topological polar surface area (TPSA) is 75.4 Å². The first-order valence-electron chi connectivity index (χ1n) is 12.2. The number of aromatic nitrogens is 2. The fourth-order valence-electron chi connectivity index (χ4n) is 4.78. The van der Waals surface area contributed by atoms with E-state index >= 15 is 0 Å². The summed E-state index contributed by atoms with van der Waals surface area (Å²) in [4.78, 5) is 23.4. The summed E-state index contributed by atoms with van der Waals surface area (Å²) in [5.41, 5.74) is 3.02. The average molecular weight is 543 g/mol. The third-order valence-corrected chi connectivity index (χ3v) is 7.08. The highest BCUT2D eigenvalue weighted by molar-refractivity contribution is 6.31. The Labute approximate surface area is 228 Å². The van der Waals surface area contributed by atoms with Crippen LogP contribution in [0, 0.1) is 0 Å². The number of aliphatic imine (C=N–C) groups is 2. The molecule has 1 fully saturated rings. The minimum Gasteiger partial charge on any atom is -0.436 e. The molecule has 3 aliphatic rings. The van der Waals surface area contributed by atoms with E-state index in [4.69, 9.17) is 42.7 Å². The van der Waals surface area contributed by atoms with Crippen LogP contribution in [0.1, 0.15) is 11.1 Å². The highest BCUT2D eigenvalue weighted by Crippen LogP contribution is 2.40. The van der Waals surface area contributed by atoms with Gasteiger partial charge in [0.1, 0.15) is 23.0 Å². The SMILES string of the molecule is Clc1ccc2c(c1)N=C(N1CCN(C3=Nc4cc(Cl)ccc4Oc4ncccc43)CC1)c1cccnc1O2. The van der Waals surface area contributed by atoms with Crippen LogP contribution in [0.2, 0.25) is 10.0 Å². The molecule has 0 aliphatic carbocycles. The van der Waals surface area contributed by atoms with E-state index in [-0.39, 0.29) is 0 Å². The molecular weight excluding hydrogens is 523 g/mol. The first-order chi connectivity index (χ1) is 18.6. The monoisotopic (exact) mass is 542 g/mol. The van der Waals surface area contributed by atoms with E-state index in [1.807, 2.05) is 48.5 Å². The van der Waals surface area contributed by atoms with Crippen molar-refractivity contribution >= 4 is 46.2 Å². The Morgan fingerprint density at radius 1 is 0.605 bits per heavy atom. The van der Waals surface area contributed by atoms with Gasteiger partial charge in [-0.15, -0.1) is 0 Å². The van der Waals surface area contributed by atoms with Crippen LogP contribution in [0.4, 0.5) is 11.4 Å². The molecule has 0 radical (unpaired) electrons. The standard InChI is InChI=1S/C28H20Cl2N6O2/c29-17-5-7-23-21(15-17)33-25(19-3-1-9-31-27(19)37-23)35-11-13-36(14-12-35)26-20-4-2-10-32-28(20)38-24-8-6-18(30)16-22(24)34-26/h1-10,15-16H,11-14H2. The summed E-state index contributed by atoms with van der Waals surface area (Å²) in [6.45, 7) is 2.84. The van der Waals surface area contributed by atoms with Crippen molar-refractivity contribution in [3.63, 3.8) is 0 Å². The molecule has 0 amide bonds. The number of rotatable bonds is 0. The fourth-order valence-corrected chi connectivity index (χ4v) is 5.11. The number of amidine groups is 2. The zero-order valence-corrected chi connectivity index (χ0v) is 21.5. The number of fused-ring (bicyclic) bond motifs is 4. The Morgan fingerprint density at radius 2 is 1.05 bits per heavy atom. The van der Waals surface area contributed by atoms with Crippen molar-refractivity contribution in [3.05, 3.63) is 94.2 Å². The summed E-state index contributed by atoms with van der Waals surface area (Å²) in [7, 11) is 0. The number of halogens is 2. The molecule has 7 rings (SSSR count). The molecule has 2 aromatic carbocycles. The molecule has 4 aromatic rings. The van der Waals surface area contributed by atoms with Crippen molar-refractivity contribution in [3.8, 4) is 23.3 Å². The smallest absolute Gasteiger partial charge is 0.230 e. The van der Waals surface area contributed by atoms with E-state index in [1.165, 1.54) is 0 Å². The molecule has 10 heteroatoms. The Kier molecular flexibility index (Phi) is 5.64. The van der Waals surface area contributed by atoms with Crippen molar-refractivity contribution in [2.45, 2.75) is 0 Å². The predicted octanol–water partition coefficient (Wildman–Crippen LogP) is 6.47. The molecule has 188 valence electrons. The lowest BCUT2D eigenvalue weighted by Gasteiger charge is -2.38. The van der Waals surface area contributed by atoms with Gasteiger partial charge in [0.2, 0.25) is 11.8 Å². The maximum Gasteiger partial charge on any atom is 0.230 e. The van der Waals surface area contributed by atoms with Crippen molar-refractivity contribution in [2.24, 2.45) is 9.98 Å². The van der Waals surface area contributed by atoms with Crippen LogP contribution in [0.25, 0.3) is 0 Å². The van der Waals surface area contributed by atoms with Crippen molar-refractivity contribution in [2.75, 3.05) is 26.2 Å². The Morgan fingerprint density at radius 3 is 1.50 bits per heavy atom. The summed E-state index contributed by atoms with van der Waals surface area (Å²) in [5, 5.41) is 1.20. The van der Waals surface area contributed by atoms with Gasteiger partial charge < -0.3 is 19.3 Å². The van der Waals surface area contributed by atoms with Gasteiger partial charge >= 0.3 is 0 Å². The highest BCUT2D eigenvalue weighted by Gasteiger charge is 2.30. The predicted molar refractivity (Wildman–Crippen MR) is 147 cm³/mol. The zero-order chi connectivity index (χ0) is 25.6. The number of benzene rings is 2. The number of ether oxygens (including phenoxy) is 2. The van der Waals surface area contributed by atoms with Gasteiger partial charge in [0.25, 0.3) is 0 Å². The van der Waals surface area contributed by atoms with Gasteiger partial charge in [-0.2, -0.15) is 0 Å². The summed E-state index contributed by atoms with van der Waals surface area (Å²) >= 11 is 12.6. The first-order valence-corrected chi connectivity index (χ1v) is 12.9. The van der Waals surface area contributed by atoms with Crippen LogP contribution >= 0.6 is 23.2 Å². The minimum absolute atomic E-state index is 0.522. The lowest BCUT2D eigenvalue weighted by Crippen LogP contribution is -2.51. The van der Waals surface area contributed by atoms with Crippen molar-refractivity contribution in [1.82, 2.24) is 19.8 Å². The molecule has 0 N–H and O–H groups in total. The number of nitrogens with zero attached hydrogens (tertiary/aromatic N) is 6. The second kappa shape index (κ2) is 9.31. The van der Waals surface area contributed by atoms with Crippen LogP contribution in [0.15, 0.2) is 83.0 Å². The van der Waals surface area contributed by atoms with Gasteiger partial charge in [0.05, 0.1) is 11.1 Å². The number of hydrogen-bond donors (Lipinski definition) is 0. The van der Waals surface area contributed by atoms with Gasteiger partial charge in [0.15, 0.2) is 11.5 Å². The quantitative estimate of drug-likeness (QED) is 0.253. The highest BCUT2D eigenvalue weighted by atomic mass is 35.5.